The molecule has 0 saturated carbocycles. The first-order valence-corrected chi connectivity index (χ1v) is 5.80. The molecule has 0 spiro atoms. The largest absolute Gasteiger partial charge is 0.573 e. The second-order valence-electron chi connectivity index (χ2n) is 3.60. The number of hydrogen-bond acceptors (Lipinski definition) is 4. The van der Waals surface area contributed by atoms with E-state index in [0.717, 1.165) is 0 Å². The van der Waals surface area contributed by atoms with E-state index >= 15 is 0 Å². The molecular formula is C11H9F3N4OS. The molecule has 0 aliphatic carbocycles. The van der Waals surface area contributed by atoms with Gasteiger partial charge in [-0.05, 0) is 41.9 Å². The lowest BCUT2D eigenvalue weighted by Crippen LogP contribution is -2.17. The molecule has 1 unspecified atom stereocenters. The van der Waals surface area contributed by atoms with Gasteiger partial charge < -0.3 is 4.74 Å². The predicted octanol–water partition coefficient (Wildman–Crippen LogP) is 4.43. The first kappa shape index (κ1) is 16.0. The summed E-state index contributed by atoms with van der Waals surface area (Å²) in [6, 6.07) is 4.86. The summed E-state index contributed by atoms with van der Waals surface area (Å²) < 4.78 is 40.2. The Morgan fingerprint density at radius 2 is 2.20 bits per heavy atom. The summed E-state index contributed by atoms with van der Waals surface area (Å²) in [5.74, 6) is -0.344. The average Bonchev–Trinajstić information content (AvgIpc) is 2.36. The van der Waals surface area contributed by atoms with Gasteiger partial charge in [-0.15, -0.1) is 13.2 Å². The summed E-state index contributed by atoms with van der Waals surface area (Å²) in [5, 5.41) is 5.52. The van der Waals surface area contributed by atoms with Crippen LogP contribution in [0.3, 0.4) is 0 Å². The molecule has 0 saturated heterocycles. The molecule has 1 rings (SSSR count). The van der Waals surface area contributed by atoms with Gasteiger partial charge in [0.25, 0.3) is 0 Å². The number of alkyl halides is 3. The third-order valence-electron chi connectivity index (χ3n) is 2.25. The van der Waals surface area contributed by atoms with Gasteiger partial charge in [0.05, 0.1) is 11.2 Å². The zero-order valence-corrected chi connectivity index (χ0v) is 10.9. The number of rotatable bonds is 6. The molecule has 0 radical (unpaired) electrons. The molecular weight excluding hydrogens is 293 g/mol. The van der Waals surface area contributed by atoms with Crippen LogP contribution in [0.4, 0.5) is 13.2 Å². The predicted molar refractivity (Wildman–Crippen MR) is 69.5 cm³/mol. The molecule has 0 bridgehead atoms. The highest BCUT2D eigenvalue weighted by molar-refractivity contribution is 7.78. The van der Waals surface area contributed by atoms with Gasteiger partial charge in [-0.25, -0.2) is 4.99 Å². The molecule has 5 nitrogen and oxygen atoms in total. The Balaban J connectivity index is 2.93. The quantitative estimate of drug-likeness (QED) is 0.256. The van der Waals surface area contributed by atoms with Crippen molar-refractivity contribution in [3.05, 3.63) is 40.3 Å². The van der Waals surface area contributed by atoms with Gasteiger partial charge in [0.1, 0.15) is 5.75 Å². The molecule has 1 atom stereocenters. The van der Waals surface area contributed by atoms with Crippen molar-refractivity contribution in [3.63, 3.8) is 0 Å². The number of nitrogens with zero attached hydrogens (tertiary/aromatic N) is 4. The van der Waals surface area contributed by atoms with E-state index in [1.807, 2.05) is 0 Å². The number of aliphatic imine (C=N–C) groups is 1. The van der Waals surface area contributed by atoms with Gasteiger partial charge in [0.15, 0.2) is 0 Å². The number of isothiocyanates is 1. The average molecular weight is 302 g/mol. The highest BCUT2D eigenvalue weighted by atomic mass is 32.1. The van der Waals surface area contributed by atoms with Crippen molar-refractivity contribution in [3.8, 4) is 5.75 Å². The highest BCUT2D eigenvalue weighted by Crippen LogP contribution is 2.28. The standard InChI is InChI=1S/C11H9F3N4OS/c12-11(13,14)19-9-3-1-2-8(6-9)10(16-7-20)4-5-17-18-15/h1-3,6,10H,4-5H2. The van der Waals surface area contributed by atoms with Crippen LogP contribution in [-0.4, -0.2) is 18.1 Å². The third kappa shape index (κ3) is 5.71. The molecule has 0 N–H and O–H groups in total. The maximum absolute atomic E-state index is 12.1. The highest BCUT2D eigenvalue weighted by Gasteiger charge is 2.31. The second-order valence-corrected chi connectivity index (χ2v) is 3.78. The minimum Gasteiger partial charge on any atom is -0.406 e. The first-order chi connectivity index (χ1) is 9.46. The maximum Gasteiger partial charge on any atom is 0.573 e. The van der Waals surface area contributed by atoms with E-state index in [1.165, 1.54) is 18.2 Å². The topological polar surface area (TPSA) is 70.4 Å². The summed E-state index contributed by atoms with van der Waals surface area (Å²) in [6.45, 7) is 0.145. The minimum atomic E-state index is -4.76. The van der Waals surface area contributed by atoms with E-state index in [2.05, 4.69) is 37.1 Å². The van der Waals surface area contributed by atoms with Crippen molar-refractivity contribution in [1.29, 1.82) is 0 Å². The molecule has 1 aromatic carbocycles. The summed E-state index contributed by atoms with van der Waals surface area (Å²) in [5.41, 5.74) is 8.67. The Hall–Kier alpha value is -2.08. The SMILES string of the molecule is [N-]=[N+]=NCCC(N=C=S)c1cccc(OC(F)(F)F)c1. The van der Waals surface area contributed by atoms with Gasteiger partial charge in [0, 0.05) is 11.5 Å². The summed E-state index contributed by atoms with van der Waals surface area (Å²) in [4.78, 5) is 6.44. The second kappa shape index (κ2) is 7.49. The fraction of sp³-hybridized carbons (Fsp3) is 0.364. The molecule has 9 heteroatoms. The summed E-state index contributed by atoms with van der Waals surface area (Å²) in [6.07, 6.45) is -4.45. The maximum atomic E-state index is 12.1. The van der Waals surface area contributed by atoms with Crippen LogP contribution in [0, 0.1) is 0 Å². The minimum absolute atomic E-state index is 0.145. The van der Waals surface area contributed by atoms with E-state index in [9.17, 15) is 13.2 Å². The molecule has 106 valence electrons. The lowest BCUT2D eigenvalue weighted by Gasteiger charge is -2.13. The molecule has 0 aliphatic heterocycles. The fourth-order valence-electron chi connectivity index (χ4n) is 1.51. The lowest BCUT2D eigenvalue weighted by molar-refractivity contribution is -0.274. The van der Waals surface area contributed by atoms with Gasteiger partial charge in [-0.2, -0.15) is 0 Å². The van der Waals surface area contributed by atoms with Crippen molar-refractivity contribution in [1.82, 2.24) is 0 Å². The number of benzene rings is 1. The Morgan fingerprint density at radius 3 is 2.80 bits per heavy atom. The summed E-state index contributed by atoms with van der Waals surface area (Å²) in [7, 11) is 0. The molecule has 0 aliphatic rings. The Morgan fingerprint density at radius 1 is 1.45 bits per heavy atom. The zero-order valence-electron chi connectivity index (χ0n) is 10.0. The lowest BCUT2D eigenvalue weighted by atomic mass is 10.0. The number of halogens is 3. The molecule has 20 heavy (non-hydrogen) atoms. The molecule has 0 heterocycles. The van der Waals surface area contributed by atoms with Crippen LogP contribution in [0.2, 0.25) is 0 Å². The van der Waals surface area contributed by atoms with Gasteiger partial charge in [-0.1, -0.05) is 17.2 Å². The molecule has 0 amide bonds. The number of hydrogen-bond donors (Lipinski definition) is 0. The van der Waals surface area contributed by atoms with Crippen molar-refractivity contribution < 1.29 is 17.9 Å². The van der Waals surface area contributed by atoms with Crippen molar-refractivity contribution >= 4 is 17.4 Å². The number of thiocarbonyl (C=S) groups is 1. The van der Waals surface area contributed by atoms with Crippen LogP contribution < -0.4 is 4.74 Å². The Kier molecular flexibility index (Phi) is 5.99. The van der Waals surface area contributed by atoms with E-state index in [-0.39, 0.29) is 12.3 Å². The van der Waals surface area contributed by atoms with Crippen LogP contribution in [-0.2, 0) is 0 Å². The van der Waals surface area contributed by atoms with Crippen LogP contribution in [0.25, 0.3) is 10.4 Å². The van der Waals surface area contributed by atoms with Crippen molar-refractivity contribution in [2.75, 3.05) is 6.54 Å². The van der Waals surface area contributed by atoms with E-state index in [4.69, 9.17) is 5.53 Å². The monoisotopic (exact) mass is 302 g/mol. The van der Waals surface area contributed by atoms with Gasteiger partial charge in [0.2, 0.25) is 0 Å². The number of ether oxygens (including phenoxy) is 1. The van der Waals surface area contributed by atoms with E-state index < -0.39 is 12.4 Å². The molecule has 0 fully saturated rings. The molecule has 1 aromatic rings. The first-order valence-electron chi connectivity index (χ1n) is 5.40. The molecule has 0 aromatic heterocycles. The van der Waals surface area contributed by atoms with Crippen LogP contribution in [0.15, 0.2) is 34.4 Å². The fourth-order valence-corrected chi connectivity index (χ4v) is 1.64. The summed E-state index contributed by atoms with van der Waals surface area (Å²) >= 11 is 4.50. The normalized spacial score (nSPS) is 11.9. The zero-order chi connectivity index (χ0) is 15.0. The van der Waals surface area contributed by atoms with Crippen molar-refractivity contribution in [2.24, 2.45) is 10.1 Å². The van der Waals surface area contributed by atoms with Gasteiger partial charge >= 0.3 is 6.36 Å². The van der Waals surface area contributed by atoms with E-state index in [0.29, 0.717) is 12.0 Å². The van der Waals surface area contributed by atoms with E-state index in [1.54, 1.807) is 6.07 Å². The Labute approximate surface area is 117 Å². The van der Waals surface area contributed by atoms with Crippen LogP contribution in [0.5, 0.6) is 5.75 Å². The number of azide groups is 1. The van der Waals surface area contributed by atoms with Crippen LogP contribution >= 0.6 is 12.2 Å². The van der Waals surface area contributed by atoms with Crippen LogP contribution in [0.1, 0.15) is 18.0 Å². The van der Waals surface area contributed by atoms with Crippen molar-refractivity contribution in [2.45, 2.75) is 18.8 Å². The van der Waals surface area contributed by atoms with Gasteiger partial charge in [-0.3, -0.25) is 0 Å². The Bertz CT molecular complexity index is 551. The third-order valence-corrected chi connectivity index (χ3v) is 2.36. The smallest absolute Gasteiger partial charge is 0.406 e.